The molecule has 0 spiro atoms. The van der Waals surface area contributed by atoms with Crippen molar-refractivity contribution in [2.75, 3.05) is 0 Å². The average Bonchev–Trinajstić information content (AvgIpc) is 1.00. The van der Waals surface area contributed by atoms with Gasteiger partial charge in [0, 0.05) is 0 Å². The third kappa shape index (κ3) is 9.10. The average molecular weight is 132 g/mol. The Morgan fingerprint density at radius 1 is 1.00 bits per heavy atom. The van der Waals surface area contributed by atoms with Gasteiger partial charge < -0.3 is 0 Å². The SMILES string of the molecule is NCl.[KH].[KH]. The van der Waals surface area contributed by atoms with Crippen molar-refractivity contribution in [3.05, 3.63) is 0 Å². The predicted molar refractivity (Wildman–Crippen MR) is 24.3 cm³/mol. The van der Waals surface area contributed by atoms with Gasteiger partial charge in [0.2, 0.25) is 0 Å². The minimum absolute atomic E-state index is 0. The normalized spacial score (nSPS) is 1.50. The van der Waals surface area contributed by atoms with E-state index >= 15 is 0 Å². The summed E-state index contributed by atoms with van der Waals surface area (Å²) in [6.45, 7) is 0. The number of nitrogens with two attached hydrogens (primary N) is 1. The molecule has 0 bridgehead atoms. The van der Waals surface area contributed by atoms with Crippen LogP contribution in [0, 0.1) is 0 Å². The van der Waals surface area contributed by atoms with Crippen LogP contribution in [0.4, 0.5) is 0 Å². The van der Waals surface area contributed by atoms with Crippen LogP contribution in [0.2, 0.25) is 0 Å². The molecule has 18 valence electrons. The fourth-order valence-electron chi connectivity index (χ4n) is 0. The maximum absolute atomic E-state index is 4.14. The van der Waals surface area contributed by atoms with E-state index in [1.165, 1.54) is 0 Å². The Kier molecular flexibility index (Phi) is 62.7. The number of hydrogen-bond donors (Lipinski definition) is 1. The molecule has 0 radical (unpaired) electrons. The summed E-state index contributed by atoms with van der Waals surface area (Å²) < 4.78 is 0. The predicted octanol–water partition coefficient (Wildman–Crippen LogP) is -1.20. The first-order chi connectivity index (χ1) is 1.00. The molecule has 0 saturated heterocycles. The Morgan fingerprint density at radius 2 is 1.00 bits per heavy atom. The quantitative estimate of drug-likeness (QED) is 0.325. The molecule has 0 aromatic heterocycles. The third-order valence-corrected chi connectivity index (χ3v) is 0. The van der Waals surface area contributed by atoms with E-state index in [0.717, 1.165) is 0 Å². The van der Waals surface area contributed by atoms with E-state index in [1.807, 2.05) is 0 Å². The van der Waals surface area contributed by atoms with Gasteiger partial charge in [-0.3, -0.25) is 0 Å². The first kappa shape index (κ1) is 15.6. The van der Waals surface area contributed by atoms with Crippen molar-refractivity contribution < 1.29 is 0 Å². The van der Waals surface area contributed by atoms with Gasteiger partial charge in [0.1, 0.15) is 0 Å². The van der Waals surface area contributed by atoms with E-state index in [2.05, 4.69) is 17.0 Å². The van der Waals surface area contributed by atoms with Crippen molar-refractivity contribution in [1.82, 2.24) is 0 Å². The molecule has 0 fully saturated rings. The summed E-state index contributed by atoms with van der Waals surface area (Å²) in [5, 5.41) is 3.97. The molecule has 0 unspecified atom stereocenters. The molecule has 0 aliphatic rings. The summed E-state index contributed by atoms with van der Waals surface area (Å²) in [6, 6.07) is 0. The molecule has 0 saturated carbocycles. The number of hydrogen-bond acceptors (Lipinski definition) is 1. The van der Waals surface area contributed by atoms with Gasteiger partial charge in [0.25, 0.3) is 0 Å². The Bertz CT molecular complexity index is 6.00. The van der Waals surface area contributed by atoms with Crippen LogP contribution in [0.15, 0.2) is 0 Å². The molecule has 0 atom stereocenters. The van der Waals surface area contributed by atoms with Crippen molar-refractivity contribution >= 4 is 115 Å². The topological polar surface area (TPSA) is 26.0 Å². The number of halogens is 1. The Hall–Kier alpha value is 3.52. The van der Waals surface area contributed by atoms with E-state index in [4.69, 9.17) is 0 Å². The molecular formula is H4ClK2N. The molecule has 0 aliphatic carbocycles. The minimum atomic E-state index is 0. The van der Waals surface area contributed by atoms with Crippen molar-refractivity contribution in [2.45, 2.75) is 0 Å². The van der Waals surface area contributed by atoms with Gasteiger partial charge in [-0.25, -0.2) is 5.25 Å². The molecular weight excluding hydrogens is 128 g/mol. The zero-order chi connectivity index (χ0) is 2.00. The van der Waals surface area contributed by atoms with Gasteiger partial charge >= 0.3 is 103 Å². The van der Waals surface area contributed by atoms with Gasteiger partial charge in [0.15, 0.2) is 0 Å². The summed E-state index contributed by atoms with van der Waals surface area (Å²) in [5.41, 5.74) is 0. The second-order valence-electron chi connectivity index (χ2n) is 0. The Balaban J connectivity index is -0.00000000500. The second kappa shape index (κ2) is 16.0. The van der Waals surface area contributed by atoms with Gasteiger partial charge in [0.05, 0.1) is 0 Å². The van der Waals surface area contributed by atoms with E-state index in [9.17, 15) is 0 Å². The van der Waals surface area contributed by atoms with Crippen molar-refractivity contribution in [3.8, 4) is 0 Å². The maximum atomic E-state index is 4.14. The van der Waals surface area contributed by atoms with Crippen LogP contribution in [0.3, 0.4) is 0 Å². The molecule has 2 N–H and O–H groups in total. The molecule has 0 amide bonds. The fraction of sp³-hybridized carbons (Fsp3) is 0. The van der Waals surface area contributed by atoms with Crippen LogP contribution in [-0.2, 0) is 0 Å². The molecule has 4 heteroatoms. The van der Waals surface area contributed by atoms with Crippen molar-refractivity contribution in [1.29, 1.82) is 0 Å². The molecule has 0 aromatic carbocycles. The standard InChI is InChI=1S/ClH2N.2K.2H/c1-2;;;;/h2H2;;;;. The van der Waals surface area contributed by atoms with Gasteiger partial charge in [-0.2, -0.15) is 0 Å². The van der Waals surface area contributed by atoms with Crippen LogP contribution < -0.4 is 5.25 Å². The van der Waals surface area contributed by atoms with E-state index in [0.29, 0.717) is 0 Å². The van der Waals surface area contributed by atoms with Gasteiger partial charge in [-0.1, -0.05) is 0 Å². The third-order valence-electron chi connectivity index (χ3n) is 0. The zero-order valence-electron chi connectivity index (χ0n) is 0.955. The van der Waals surface area contributed by atoms with Crippen LogP contribution in [0.5, 0.6) is 0 Å². The summed E-state index contributed by atoms with van der Waals surface area (Å²) in [4.78, 5) is 0. The molecule has 0 rings (SSSR count). The molecule has 0 aliphatic heterocycles. The fourth-order valence-corrected chi connectivity index (χ4v) is 0. The van der Waals surface area contributed by atoms with Gasteiger partial charge in [-0.05, 0) is 11.8 Å². The van der Waals surface area contributed by atoms with E-state index < -0.39 is 0 Å². The first-order valence-electron chi connectivity index (χ1n) is 0.218. The molecule has 1 nitrogen and oxygen atoms in total. The van der Waals surface area contributed by atoms with Crippen LogP contribution in [0.25, 0.3) is 0 Å². The molecule has 0 aromatic rings. The second-order valence-corrected chi connectivity index (χ2v) is 0. The monoisotopic (exact) mass is 131 g/mol. The van der Waals surface area contributed by atoms with Crippen LogP contribution >= 0.6 is 11.8 Å². The molecule has 0 heterocycles. The summed E-state index contributed by atoms with van der Waals surface area (Å²) >= 11 is 4.14. The Morgan fingerprint density at radius 3 is 1.00 bits per heavy atom. The van der Waals surface area contributed by atoms with Crippen molar-refractivity contribution in [2.24, 2.45) is 5.25 Å². The van der Waals surface area contributed by atoms with Gasteiger partial charge in [-0.15, -0.1) is 0 Å². The number of rotatable bonds is 0. The zero-order valence-corrected chi connectivity index (χ0v) is 1.71. The van der Waals surface area contributed by atoms with Crippen LogP contribution in [0.1, 0.15) is 0 Å². The Labute approximate surface area is 116 Å². The summed E-state index contributed by atoms with van der Waals surface area (Å²) in [6.07, 6.45) is 0. The summed E-state index contributed by atoms with van der Waals surface area (Å²) in [5.74, 6) is 0. The van der Waals surface area contributed by atoms with E-state index in [1.54, 1.807) is 0 Å². The van der Waals surface area contributed by atoms with Crippen LogP contribution in [-0.4, -0.2) is 103 Å². The van der Waals surface area contributed by atoms with E-state index in [-0.39, 0.29) is 103 Å². The summed E-state index contributed by atoms with van der Waals surface area (Å²) in [7, 11) is 0. The first-order valence-corrected chi connectivity index (χ1v) is 0.655. The van der Waals surface area contributed by atoms with Crippen molar-refractivity contribution in [3.63, 3.8) is 0 Å². The molecule has 4 heavy (non-hydrogen) atoms.